The van der Waals surface area contributed by atoms with Crippen LogP contribution in [0.5, 0.6) is 0 Å². The maximum absolute atomic E-state index is 11.9. The lowest BCUT2D eigenvalue weighted by molar-refractivity contribution is -0.133. The highest BCUT2D eigenvalue weighted by molar-refractivity contribution is 5.84. The fourth-order valence-electron chi connectivity index (χ4n) is 2.11. The maximum Gasteiger partial charge on any atom is 0.222 e. The summed E-state index contributed by atoms with van der Waals surface area (Å²) in [4.78, 5) is 15.9. The van der Waals surface area contributed by atoms with Gasteiger partial charge in [0, 0.05) is 32.6 Å². The predicted octanol–water partition coefficient (Wildman–Crippen LogP) is 0.312. The van der Waals surface area contributed by atoms with Gasteiger partial charge < -0.3 is 15.8 Å². The molecule has 0 aliphatic carbocycles. The molecule has 1 amide bonds. The fraction of sp³-hybridized carbons (Fsp3) is 0.833. The van der Waals surface area contributed by atoms with E-state index in [0.29, 0.717) is 25.4 Å². The Bertz CT molecular complexity index is 309. The van der Waals surface area contributed by atoms with Crippen LogP contribution in [-0.2, 0) is 4.79 Å². The smallest absolute Gasteiger partial charge is 0.222 e. The molecule has 1 heterocycles. The molecule has 0 saturated carbocycles. The second-order valence-corrected chi connectivity index (χ2v) is 5.22. The third-order valence-corrected chi connectivity index (χ3v) is 3.34. The quantitative estimate of drug-likeness (QED) is 0.328. The monoisotopic (exact) mass is 256 g/mol. The maximum atomic E-state index is 11.9. The first-order valence-corrected chi connectivity index (χ1v) is 6.45. The van der Waals surface area contributed by atoms with Gasteiger partial charge in [0.2, 0.25) is 5.91 Å². The van der Waals surface area contributed by atoms with Crippen LogP contribution in [0.3, 0.4) is 0 Å². The lowest BCUT2D eigenvalue weighted by Crippen LogP contribution is -2.54. The van der Waals surface area contributed by atoms with E-state index >= 15 is 0 Å². The summed E-state index contributed by atoms with van der Waals surface area (Å²) in [6.45, 7) is 8.97. The molecule has 1 saturated heterocycles. The summed E-state index contributed by atoms with van der Waals surface area (Å²) < 4.78 is 0. The van der Waals surface area contributed by atoms with Crippen LogP contribution in [0.4, 0.5) is 0 Å². The van der Waals surface area contributed by atoms with E-state index in [-0.39, 0.29) is 17.8 Å². The first-order chi connectivity index (χ1) is 8.45. The number of piperazine rings is 1. The number of carbonyl (C=O) groups is 1. The molecule has 1 fully saturated rings. The lowest BCUT2D eigenvalue weighted by atomic mass is 10.1. The molecule has 1 unspecified atom stereocenters. The number of nitrogens with two attached hydrogens (primary N) is 1. The molecule has 6 nitrogen and oxygen atoms in total. The van der Waals surface area contributed by atoms with Crippen LogP contribution in [0.1, 0.15) is 27.2 Å². The van der Waals surface area contributed by atoms with Crippen LogP contribution in [0.2, 0.25) is 0 Å². The first-order valence-electron chi connectivity index (χ1n) is 6.45. The highest BCUT2D eigenvalue weighted by Gasteiger charge is 2.25. The molecule has 6 heteroatoms. The molecule has 3 N–H and O–H groups in total. The third kappa shape index (κ3) is 3.87. The van der Waals surface area contributed by atoms with Crippen molar-refractivity contribution in [1.29, 1.82) is 0 Å². The summed E-state index contributed by atoms with van der Waals surface area (Å²) in [5, 5.41) is 11.7. The zero-order valence-corrected chi connectivity index (χ0v) is 11.5. The lowest BCUT2D eigenvalue weighted by Gasteiger charge is -2.37. The Morgan fingerprint density at radius 1 is 1.28 bits per heavy atom. The van der Waals surface area contributed by atoms with E-state index in [1.807, 2.05) is 11.8 Å². The minimum Gasteiger partial charge on any atom is -0.409 e. The van der Waals surface area contributed by atoms with Crippen molar-refractivity contribution in [3.63, 3.8) is 0 Å². The first kappa shape index (κ1) is 14.8. The van der Waals surface area contributed by atoms with E-state index in [1.165, 1.54) is 0 Å². The summed E-state index contributed by atoms with van der Waals surface area (Å²) >= 11 is 0. The highest BCUT2D eigenvalue weighted by atomic mass is 16.4. The Kier molecular flexibility index (Phi) is 5.40. The van der Waals surface area contributed by atoms with E-state index in [0.717, 1.165) is 13.1 Å². The molecule has 0 bridgehead atoms. The standard InChI is InChI=1S/C12H24N4O2/c1-9(2)8-11(17)16-6-4-15(5-7-16)10(3)12(13)14-18/h9-10,18H,4-8H2,1-3H3,(H2,13,14). The van der Waals surface area contributed by atoms with Crippen molar-refractivity contribution in [2.45, 2.75) is 33.2 Å². The zero-order valence-electron chi connectivity index (χ0n) is 11.5. The largest absolute Gasteiger partial charge is 0.409 e. The zero-order chi connectivity index (χ0) is 13.7. The molecule has 1 aliphatic rings. The highest BCUT2D eigenvalue weighted by Crippen LogP contribution is 2.10. The van der Waals surface area contributed by atoms with Gasteiger partial charge in [0.05, 0.1) is 6.04 Å². The van der Waals surface area contributed by atoms with Gasteiger partial charge in [0.15, 0.2) is 5.84 Å². The number of amidine groups is 1. The SMILES string of the molecule is CC(C)CC(=O)N1CCN(C(C)C(N)=NO)CC1. The summed E-state index contributed by atoms with van der Waals surface area (Å²) in [6.07, 6.45) is 0.607. The molecule has 104 valence electrons. The van der Waals surface area contributed by atoms with Gasteiger partial charge in [-0.3, -0.25) is 9.69 Å². The molecule has 0 aromatic carbocycles. The molecule has 18 heavy (non-hydrogen) atoms. The Morgan fingerprint density at radius 2 is 1.83 bits per heavy atom. The Hall–Kier alpha value is -1.30. The third-order valence-electron chi connectivity index (χ3n) is 3.34. The molecular formula is C12H24N4O2. The van der Waals surface area contributed by atoms with Gasteiger partial charge in [-0.15, -0.1) is 0 Å². The van der Waals surface area contributed by atoms with Gasteiger partial charge in [-0.2, -0.15) is 0 Å². The van der Waals surface area contributed by atoms with Crippen molar-refractivity contribution in [2.24, 2.45) is 16.8 Å². The fourth-order valence-corrected chi connectivity index (χ4v) is 2.11. The molecule has 1 rings (SSSR count). The van der Waals surface area contributed by atoms with Gasteiger partial charge in [-0.25, -0.2) is 0 Å². The molecule has 1 aliphatic heterocycles. The average Bonchev–Trinajstić information content (AvgIpc) is 2.36. The van der Waals surface area contributed by atoms with Crippen molar-refractivity contribution in [3.8, 4) is 0 Å². The molecule has 0 spiro atoms. The number of carbonyl (C=O) groups excluding carboxylic acids is 1. The molecule has 0 aromatic rings. The van der Waals surface area contributed by atoms with Gasteiger partial charge in [0.1, 0.15) is 0 Å². The number of hydrogen-bond acceptors (Lipinski definition) is 4. The summed E-state index contributed by atoms with van der Waals surface area (Å²) in [5.74, 6) is 0.838. The number of rotatable bonds is 4. The summed E-state index contributed by atoms with van der Waals surface area (Å²) in [6, 6.07) is -0.0858. The van der Waals surface area contributed by atoms with E-state index in [9.17, 15) is 4.79 Å². The van der Waals surface area contributed by atoms with Crippen LogP contribution < -0.4 is 5.73 Å². The second kappa shape index (κ2) is 6.58. The number of nitrogens with zero attached hydrogens (tertiary/aromatic N) is 3. The van der Waals surface area contributed by atoms with Crippen molar-refractivity contribution < 1.29 is 10.0 Å². The van der Waals surface area contributed by atoms with Crippen LogP contribution in [0.15, 0.2) is 5.16 Å². The van der Waals surface area contributed by atoms with Gasteiger partial charge in [-0.1, -0.05) is 19.0 Å². The Labute approximate surface area is 108 Å². The van der Waals surface area contributed by atoms with Gasteiger partial charge in [-0.05, 0) is 12.8 Å². The number of hydrogen-bond donors (Lipinski definition) is 2. The van der Waals surface area contributed by atoms with E-state index in [2.05, 4.69) is 23.9 Å². The van der Waals surface area contributed by atoms with E-state index < -0.39 is 0 Å². The van der Waals surface area contributed by atoms with Crippen LogP contribution >= 0.6 is 0 Å². The molecule has 0 radical (unpaired) electrons. The van der Waals surface area contributed by atoms with Crippen molar-refractivity contribution in [1.82, 2.24) is 9.80 Å². The predicted molar refractivity (Wildman–Crippen MR) is 70.5 cm³/mol. The Morgan fingerprint density at radius 3 is 2.28 bits per heavy atom. The average molecular weight is 256 g/mol. The van der Waals surface area contributed by atoms with Crippen molar-refractivity contribution in [3.05, 3.63) is 0 Å². The van der Waals surface area contributed by atoms with E-state index in [1.54, 1.807) is 0 Å². The van der Waals surface area contributed by atoms with Crippen LogP contribution in [0.25, 0.3) is 0 Å². The minimum atomic E-state index is -0.0858. The number of oxime groups is 1. The number of amides is 1. The summed E-state index contributed by atoms with van der Waals surface area (Å²) in [7, 11) is 0. The van der Waals surface area contributed by atoms with Gasteiger partial charge in [0.25, 0.3) is 0 Å². The molecule has 1 atom stereocenters. The summed E-state index contributed by atoms with van der Waals surface area (Å²) in [5.41, 5.74) is 5.59. The van der Waals surface area contributed by atoms with E-state index in [4.69, 9.17) is 10.9 Å². The van der Waals surface area contributed by atoms with Crippen molar-refractivity contribution >= 4 is 11.7 Å². The van der Waals surface area contributed by atoms with Crippen molar-refractivity contribution in [2.75, 3.05) is 26.2 Å². The second-order valence-electron chi connectivity index (χ2n) is 5.22. The minimum absolute atomic E-state index is 0.0858. The molecular weight excluding hydrogens is 232 g/mol. The van der Waals surface area contributed by atoms with Crippen LogP contribution in [0, 0.1) is 5.92 Å². The Balaban J connectivity index is 2.43. The molecule has 0 aromatic heterocycles. The topological polar surface area (TPSA) is 82.2 Å². The van der Waals surface area contributed by atoms with Crippen LogP contribution in [-0.4, -0.2) is 59.0 Å². The normalized spacial score (nSPS) is 20.2. The van der Waals surface area contributed by atoms with Gasteiger partial charge >= 0.3 is 0 Å².